The average molecular weight is 505 g/mol. The molecule has 192 valence electrons. The van der Waals surface area contributed by atoms with E-state index in [2.05, 4.69) is 99.0 Å². The van der Waals surface area contributed by atoms with Crippen molar-refractivity contribution in [3.63, 3.8) is 0 Å². The Labute approximate surface area is 221 Å². The van der Waals surface area contributed by atoms with E-state index in [1.165, 1.54) is 16.8 Å². The van der Waals surface area contributed by atoms with Gasteiger partial charge in [0.1, 0.15) is 11.3 Å². The molecule has 0 amide bonds. The number of rotatable bonds is 4. The SMILES string of the molecule is CC(C)(C)c1ccc(-c2nc3c(N4CCN(Cc5cccc6[nH]/c(=N/C#N)[nH]c56)CC4)cccc3[nH]2)cc1. The lowest BCUT2D eigenvalue weighted by molar-refractivity contribution is 0.251. The third-order valence-electron chi connectivity index (χ3n) is 7.43. The van der Waals surface area contributed by atoms with Gasteiger partial charge in [-0.15, -0.1) is 4.99 Å². The predicted octanol–water partition coefficient (Wildman–Crippen LogP) is 5.04. The van der Waals surface area contributed by atoms with Crippen LogP contribution in [0.3, 0.4) is 0 Å². The van der Waals surface area contributed by atoms with Crippen LogP contribution in [0.15, 0.2) is 65.7 Å². The number of anilines is 1. The number of hydrogen-bond donors (Lipinski definition) is 3. The molecule has 0 unspecified atom stereocenters. The highest BCUT2D eigenvalue weighted by Crippen LogP contribution is 2.30. The maximum Gasteiger partial charge on any atom is 0.216 e. The van der Waals surface area contributed by atoms with Crippen LogP contribution in [-0.4, -0.2) is 51.0 Å². The first-order valence-electron chi connectivity index (χ1n) is 13.1. The lowest BCUT2D eigenvalue weighted by atomic mass is 9.87. The summed E-state index contributed by atoms with van der Waals surface area (Å²) in [7, 11) is 0. The van der Waals surface area contributed by atoms with E-state index in [1.54, 1.807) is 0 Å². The Morgan fingerprint density at radius 1 is 0.895 bits per heavy atom. The molecule has 8 nitrogen and oxygen atoms in total. The van der Waals surface area contributed by atoms with E-state index < -0.39 is 0 Å². The van der Waals surface area contributed by atoms with Crippen molar-refractivity contribution in [1.29, 1.82) is 5.26 Å². The minimum atomic E-state index is 0.129. The molecule has 38 heavy (non-hydrogen) atoms. The number of nitriles is 1. The summed E-state index contributed by atoms with van der Waals surface area (Å²) in [4.78, 5) is 23.7. The number of para-hydroxylation sites is 2. The van der Waals surface area contributed by atoms with Gasteiger partial charge in [0.2, 0.25) is 11.8 Å². The second-order valence-electron chi connectivity index (χ2n) is 11.0. The van der Waals surface area contributed by atoms with E-state index in [-0.39, 0.29) is 5.41 Å². The van der Waals surface area contributed by atoms with Gasteiger partial charge in [0.05, 0.1) is 22.2 Å². The molecule has 8 heteroatoms. The second-order valence-corrected chi connectivity index (χ2v) is 11.0. The topological polar surface area (TPSA) is 103 Å². The molecule has 0 saturated carbocycles. The van der Waals surface area contributed by atoms with Crippen LogP contribution in [0.5, 0.6) is 0 Å². The normalized spacial score (nSPS) is 15.4. The van der Waals surface area contributed by atoms with Crippen molar-refractivity contribution >= 4 is 27.8 Å². The summed E-state index contributed by atoms with van der Waals surface area (Å²) in [5.74, 6) is 0.907. The van der Waals surface area contributed by atoms with Crippen LogP contribution in [0.2, 0.25) is 0 Å². The number of aromatic nitrogens is 4. The van der Waals surface area contributed by atoms with Gasteiger partial charge in [-0.2, -0.15) is 5.26 Å². The van der Waals surface area contributed by atoms with E-state index >= 15 is 0 Å². The summed E-state index contributed by atoms with van der Waals surface area (Å²) in [6.45, 7) is 11.3. The van der Waals surface area contributed by atoms with Gasteiger partial charge in [-0.25, -0.2) is 4.98 Å². The van der Waals surface area contributed by atoms with Crippen molar-refractivity contribution in [3.8, 4) is 17.6 Å². The monoisotopic (exact) mass is 504 g/mol. The highest BCUT2D eigenvalue weighted by Gasteiger charge is 2.21. The van der Waals surface area contributed by atoms with Crippen LogP contribution in [0.4, 0.5) is 5.69 Å². The molecular weight excluding hydrogens is 472 g/mol. The molecule has 2 aromatic heterocycles. The first-order chi connectivity index (χ1) is 18.4. The number of fused-ring (bicyclic) bond motifs is 2. The number of aromatic amines is 3. The van der Waals surface area contributed by atoms with Crippen molar-refractivity contribution in [1.82, 2.24) is 24.8 Å². The molecule has 1 aliphatic rings. The summed E-state index contributed by atoms with van der Waals surface area (Å²) in [6.07, 6.45) is 1.84. The van der Waals surface area contributed by atoms with E-state index in [0.29, 0.717) is 5.62 Å². The van der Waals surface area contributed by atoms with Gasteiger partial charge in [-0.3, -0.25) is 4.90 Å². The highest BCUT2D eigenvalue weighted by atomic mass is 15.3. The zero-order valence-corrected chi connectivity index (χ0v) is 22.0. The largest absolute Gasteiger partial charge is 0.367 e. The third-order valence-corrected chi connectivity index (χ3v) is 7.43. The van der Waals surface area contributed by atoms with Crippen LogP contribution in [-0.2, 0) is 12.0 Å². The Morgan fingerprint density at radius 3 is 2.37 bits per heavy atom. The number of nitrogens with one attached hydrogen (secondary N) is 3. The maximum atomic E-state index is 8.88. The van der Waals surface area contributed by atoms with Crippen molar-refractivity contribution in [2.75, 3.05) is 31.1 Å². The fourth-order valence-corrected chi connectivity index (χ4v) is 5.29. The average Bonchev–Trinajstić information content (AvgIpc) is 3.54. The number of H-pyrrole nitrogens is 3. The Hall–Kier alpha value is -4.35. The number of imidazole rings is 2. The lowest BCUT2D eigenvalue weighted by Crippen LogP contribution is -2.46. The number of benzene rings is 3. The molecule has 5 aromatic rings. The number of nitrogens with zero attached hydrogens (tertiary/aromatic N) is 5. The highest BCUT2D eigenvalue weighted by molar-refractivity contribution is 5.91. The molecule has 3 N–H and O–H groups in total. The molecule has 0 radical (unpaired) electrons. The smallest absolute Gasteiger partial charge is 0.216 e. The van der Waals surface area contributed by atoms with Gasteiger partial charge < -0.3 is 19.9 Å². The number of hydrogen-bond acceptors (Lipinski definition) is 5. The summed E-state index contributed by atoms with van der Waals surface area (Å²) in [5.41, 5.74) is 9.47. The minimum absolute atomic E-state index is 0.129. The first kappa shape index (κ1) is 24.0. The van der Waals surface area contributed by atoms with Gasteiger partial charge in [0.25, 0.3) is 0 Å². The zero-order valence-electron chi connectivity index (χ0n) is 22.0. The van der Waals surface area contributed by atoms with Crippen molar-refractivity contribution < 1.29 is 0 Å². The van der Waals surface area contributed by atoms with Crippen LogP contribution >= 0.6 is 0 Å². The Bertz CT molecular complexity index is 1700. The van der Waals surface area contributed by atoms with Crippen molar-refractivity contribution in [3.05, 3.63) is 77.4 Å². The quantitative estimate of drug-likeness (QED) is 0.298. The first-order valence-corrected chi connectivity index (χ1v) is 13.1. The molecule has 3 aromatic carbocycles. The second kappa shape index (κ2) is 9.51. The van der Waals surface area contributed by atoms with Gasteiger partial charge in [0, 0.05) is 38.3 Å². The number of piperazine rings is 1. The molecular formula is C30H32N8. The molecule has 1 fully saturated rings. The third kappa shape index (κ3) is 4.57. The predicted molar refractivity (Wildman–Crippen MR) is 152 cm³/mol. The van der Waals surface area contributed by atoms with Gasteiger partial charge in [-0.1, -0.05) is 63.2 Å². The maximum absolute atomic E-state index is 8.88. The Balaban J connectivity index is 1.19. The van der Waals surface area contributed by atoms with Crippen LogP contribution in [0, 0.1) is 11.5 Å². The van der Waals surface area contributed by atoms with Gasteiger partial charge in [-0.05, 0) is 34.7 Å². The van der Waals surface area contributed by atoms with E-state index in [1.807, 2.05) is 18.3 Å². The van der Waals surface area contributed by atoms with E-state index in [9.17, 15) is 0 Å². The molecule has 0 aliphatic carbocycles. The molecule has 0 bridgehead atoms. The molecule has 1 saturated heterocycles. The fraction of sp³-hybridized carbons (Fsp3) is 0.300. The Kier molecular flexibility index (Phi) is 6.01. The van der Waals surface area contributed by atoms with E-state index in [0.717, 1.165) is 66.2 Å². The molecule has 3 heterocycles. The summed E-state index contributed by atoms with van der Waals surface area (Å²) in [6, 6.07) is 21.3. The van der Waals surface area contributed by atoms with Crippen LogP contribution < -0.4 is 10.5 Å². The van der Waals surface area contributed by atoms with Crippen LogP contribution in [0.1, 0.15) is 31.9 Å². The molecule has 6 rings (SSSR count). The summed E-state index contributed by atoms with van der Waals surface area (Å²) in [5, 5.41) is 8.88. The molecule has 0 atom stereocenters. The molecule has 1 aliphatic heterocycles. The zero-order chi connectivity index (χ0) is 26.3. The van der Waals surface area contributed by atoms with E-state index in [4.69, 9.17) is 10.2 Å². The Morgan fingerprint density at radius 2 is 1.63 bits per heavy atom. The van der Waals surface area contributed by atoms with Gasteiger partial charge >= 0.3 is 0 Å². The lowest BCUT2D eigenvalue weighted by Gasteiger charge is -2.36. The van der Waals surface area contributed by atoms with Crippen molar-refractivity contribution in [2.45, 2.75) is 32.7 Å². The van der Waals surface area contributed by atoms with Gasteiger partial charge in [0.15, 0.2) is 0 Å². The summed E-state index contributed by atoms with van der Waals surface area (Å²) < 4.78 is 0. The summed E-state index contributed by atoms with van der Waals surface area (Å²) >= 11 is 0. The molecule has 0 spiro atoms. The standard InChI is InChI=1S/C30H32N8/c1-30(2,3)22-12-10-20(11-13-22)28-33-24-8-5-9-25(27(24)35-28)38-16-14-37(15-17-38)18-21-6-4-7-23-26(21)36-29(34-23)32-19-31/h4-13H,14-18H2,1-3H3,(H,33,35)(H2,32,34,36). The fourth-order valence-electron chi connectivity index (χ4n) is 5.29. The van der Waals surface area contributed by atoms with Crippen molar-refractivity contribution in [2.24, 2.45) is 4.99 Å². The minimum Gasteiger partial charge on any atom is -0.367 e. The van der Waals surface area contributed by atoms with Crippen LogP contribution in [0.25, 0.3) is 33.5 Å².